The van der Waals surface area contributed by atoms with E-state index in [-0.39, 0.29) is 5.70 Å². The zero-order valence-electron chi connectivity index (χ0n) is 11.3. The highest BCUT2D eigenvalue weighted by Gasteiger charge is 2.10. The molecule has 0 unspecified atom stereocenters. The summed E-state index contributed by atoms with van der Waals surface area (Å²) in [4.78, 5) is 22.2. The smallest absolute Gasteiger partial charge is 0.352 e. The Morgan fingerprint density at radius 2 is 1.75 bits per heavy atom. The van der Waals surface area contributed by atoms with Crippen LogP contribution in [0.3, 0.4) is 0 Å². The summed E-state index contributed by atoms with van der Waals surface area (Å²) in [6.07, 6.45) is 1.48. The van der Waals surface area contributed by atoms with E-state index in [1.807, 2.05) is 43.3 Å². The molecule has 4 nitrogen and oxygen atoms in total. The molecule has 2 aromatic rings. The number of benzene rings is 2. The normalized spacial score (nSPS) is 11.4. The highest BCUT2D eigenvalue weighted by Crippen LogP contribution is 2.23. The van der Waals surface area contributed by atoms with Gasteiger partial charge in [-0.15, -0.1) is 0 Å². The lowest BCUT2D eigenvalue weighted by Crippen LogP contribution is -2.24. The molecule has 0 saturated carbocycles. The quantitative estimate of drug-likeness (QED) is 0.842. The molecule has 2 rings (SSSR count). The van der Waals surface area contributed by atoms with E-state index in [4.69, 9.17) is 5.11 Å². The molecule has 0 spiro atoms. The molecule has 0 heterocycles. The number of hydrogen-bond acceptors (Lipinski definition) is 2. The van der Waals surface area contributed by atoms with Crippen LogP contribution in [0, 0.1) is 6.92 Å². The molecular formula is C16H15NO3. The van der Waals surface area contributed by atoms with Crippen LogP contribution in [0.4, 0.5) is 0 Å². The molecule has 2 aromatic carbocycles. The van der Waals surface area contributed by atoms with Crippen molar-refractivity contribution in [2.75, 3.05) is 0 Å². The Hall–Kier alpha value is -2.62. The lowest BCUT2D eigenvalue weighted by Gasteiger charge is -2.08. The third-order valence-electron chi connectivity index (χ3n) is 3.02. The topological polar surface area (TPSA) is 66.4 Å². The maximum Gasteiger partial charge on any atom is 0.352 e. The average Bonchev–Trinajstić information content (AvgIpc) is 2.40. The van der Waals surface area contributed by atoms with Gasteiger partial charge in [-0.3, -0.25) is 4.79 Å². The molecule has 4 heteroatoms. The third-order valence-corrected chi connectivity index (χ3v) is 3.02. The third kappa shape index (κ3) is 2.85. The van der Waals surface area contributed by atoms with Crippen LogP contribution in [0.15, 0.2) is 42.1 Å². The van der Waals surface area contributed by atoms with Crippen molar-refractivity contribution in [2.45, 2.75) is 13.8 Å². The summed E-state index contributed by atoms with van der Waals surface area (Å²) in [6.45, 7) is 3.28. The van der Waals surface area contributed by atoms with Gasteiger partial charge in [-0.2, -0.15) is 0 Å². The summed E-state index contributed by atoms with van der Waals surface area (Å²) in [5.74, 6) is -1.57. The van der Waals surface area contributed by atoms with E-state index in [1.54, 1.807) is 0 Å². The first-order chi connectivity index (χ1) is 9.49. The molecular weight excluding hydrogens is 254 g/mol. The van der Waals surface area contributed by atoms with E-state index in [2.05, 4.69) is 5.32 Å². The van der Waals surface area contributed by atoms with Crippen LogP contribution in [0.5, 0.6) is 0 Å². The SMILES string of the molecule is CC(=O)NC(=Cc1ccc(C)c2ccccc12)C(=O)O. The number of carboxylic acid groups (broad SMARTS) is 1. The molecule has 102 valence electrons. The molecule has 1 amide bonds. The number of carbonyl (C=O) groups is 2. The van der Waals surface area contributed by atoms with Gasteiger partial charge in [0, 0.05) is 6.92 Å². The van der Waals surface area contributed by atoms with Crippen molar-refractivity contribution < 1.29 is 14.7 Å². The van der Waals surface area contributed by atoms with Crippen LogP contribution in [0.25, 0.3) is 16.8 Å². The Bertz CT molecular complexity index is 717. The van der Waals surface area contributed by atoms with Gasteiger partial charge >= 0.3 is 5.97 Å². The van der Waals surface area contributed by atoms with Crippen LogP contribution in [0.2, 0.25) is 0 Å². The van der Waals surface area contributed by atoms with Crippen LogP contribution >= 0.6 is 0 Å². The number of aryl methyl sites for hydroxylation is 1. The van der Waals surface area contributed by atoms with Crippen molar-refractivity contribution in [1.82, 2.24) is 5.32 Å². The van der Waals surface area contributed by atoms with Gasteiger partial charge in [-0.25, -0.2) is 4.79 Å². The summed E-state index contributed by atoms with van der Waals surface area (Å²) in [7, 11) is 0. The number of nitrogens with one attached hydrogen (secondary N) is 1. The molecule has 0 bridgehead atoms. The molecule has 0 aliphatic carbocycles. The fourth-order valence-corrected chi connectivity index (χ4v) is 2.10. The van der Waals surface area contributed by atoms with Gasteiger partial charge in [-0.1, -0.05) is 36.4 Å². The molecule has 0 fully saturated rings. The van der Waals surface area contributed by atoms with E-state index in [0.29, 0.717) is 0 Å². The molecule has 2 N–H and O–H groups in total. The second-order valence-corrected chi connectivity index (χ2v) is 4.56. The first-order valence-corrected chi connectivity index (χ1v) is 6.20. The van der Waals surface area contributed by atoms with E-state index < -0.39 is 11.9 Å². The molecule has 0 aliphatic heterocycles. The Labute approximate surface area is 116 Å². The first-order valence-electron chi connectivity index (χ1n) is 6.20. The van der Waals surface area contributed by atoms with Crippen molar-refractivity contribution >= 4 is 28.7 Å². The summed E-state index contributed by atoms with van der Waals surface area (Å²) < 4.78 is 0. The Kier molecular flexibility index (Phi) is 3.84. The fourth-order valence-electron chi connectivity index (χ4n) is 2.10. The van der Waals surface area contributed by atoms with E-state index in [1.165, 1.54) is 13.0 Å². The highest BCUT2D eigenvalue weighted by atomic mass is 16.4. The van der Waals surface area contributed by atoms with Gasteiger partial charge in [-0.05, 0) is 34.9 Å². The van der Waals surface area contributed by atoms with Gasteiger partial charge in [0.05, 0.1) is 0 Å². The number of aliphatic carboxylic acids is 1. The predicted molar refractivity (Wildman–Crippen MR) is 78.1 cm³/mol. The molecule has 0 saturated heterocycles. The van der Waals surface area contributed by atoms with Crippen molar-refractivity contribution in [3.05, 3.63) is 53.2 Å². The maximum absolute atomic E-state index is 11.2. The predicted octanol–water partition coefficient (Wildman–Crippen LogP) is 2.71. The molecule has 0 aromatic heterocycles. The second kappa shape index (κ2) is 5.57. The second-order valence-electron chi connectivity index (χ2n) is 4.56. The van der Waals surface area contributed by atoms with Gasteiger partial charge in [0.2, 0.25) is 5.91 Å². The van der Waals surface area contributed by atoms with Gasteiger partial charge < -0.3 is 10.4 Å². The van der Waals surface area contributed by atoms with Crippen LogP contribution in [-0.2, 0) is 9.59 Å². The lowest BCUT2D eigenvalue weighted by molar-refractivity contribution is -0.134. The molecule has 0 aliphatic rings. The standard InChI is InChI=1S/C16H15NO3/c1-10-7-8-12(14-6-4-3-5-13(10)14)9-15(16(19)20)17-11(2)18/h3-9H,1-2H3,(H,17,18)(H,19,20). The number of fused-ring (bicyclic) bond motifs is 1. The highest BCUT2D eigenvalue weighted by molar-refractivity contribution is 6.00. The summed E-state index contributed by atoms with van der Waals surface area (Å²) in [6, 6.07) is 11.5. The van der Waals surface area contributed by atoms with Gasteiger partial charge in [0.25, 0.3) is 0 Å². The molecule has 0 atom stereocenters. The minimum Gasteiger partial charge on any atom is -0.477 e. The fraction of sp³-hybridized carbons (Fsp3) is 0.125. The minimum atomic E-state index is -1.16. The van der Waals surface area contributed by atoms with Crippen LogP contribution in [0.1, 0.15) is 18.1 Å². The van der Waals surface area contributed by atoms with Crippen molar-refractivity contribution in [3.63, 3.8) is 0 Å². The van der Waals surface area contributed by atoms with Crippen LogP contribution < -0.4 is 5.32 Å². The van der Waals surface area contributed by atoms with Crippen molar-refractivity contribution in [2.24, 2.45) is 0 Å². The van der Waals surface area contributed by atoms with Crippen LogP contribution in [-0.4, -0.2) is 17.0 Å². The number of hydrogen-bond donors (Lipinski definition) is 2. The zero-order chi connectivity index (χ0) is 14.7. The average molecular weight is 269 g/mol. The summed E-state index contributed by atoms with van der Waals surface area (Å²) >= 11 is 0. The first kappa shape index (κ1) is 13.8. The van der Waals surface area contributed by atoms with Crippen molar-refractivity contribution in [3.8, 4) is 0 Å². The Balaban J connectivity index is 2.60. The number of rotatable bonds is 3. The van der Waals surface area contributed by atoms with E-state index >= 15 is 0 Å². The van der Waals surface area contributed by atoms with Gasteiger partial charge in [0.15, 0.2) is 0 Å². The summed E-state index contributed by atoms with van der Waals surface area (Å²) in [5, 5.41) is 13.5. The number of carboxylic acids is 1. The Morgan fingerprint density at radius 1 is 1.10 bits per heavy atom. The number of amides is 1. The molecule has 20 heavy (non-hydrogen) atoms. The minimum absolute atomic E-state index is 0.133. The largest absolute Gasteiger partial charge is 0.477 e. The molecule has 0 radical (unpaired) electrons. The monoisotopic (exact) mass is 269 g/mol. The number of carbonyl (C=O) groups excluding carboxylic acids is 1. The lowest BCUT2D eigenvalue weighted by atomic mass is 9.99. The van der Waals surface area contributed by atoms with Gasteiger partial charge in [0.1, 0.15) is 5.70 Å². The summed E-state index contributed by atoms with van der Waals surface area (Å²) in [5.41, 5.74) is 1.75. The Morgan fingerprint density at radius 3 is 2.35 bits per heavy atom. The van der Waals surface area contributed by atoms with Crippen molar-refractivity contribution in [1.29, 1.82) is 0 Å². The van der Waals surface area contributed by atoms with E-state index in [9.17, 15) is 9.59 Å². The zero-order valence-corrected chi connectivity index (χ0v) is 11.3. The van der Waals surface area contributed by atoms with E-state index in [0.717, 1.165) is 21.9 Å². The maximum atomic E-state index is 11.2.